The predicted molar refractivity (Wildman–Crippen MR) is 54.2 cm³/mol. The maximum Gasteiger partial charge on any atom is 0.259 e. The summed E-state index contributed by atoms with van der Waals surface area (Å²) in [5.74, 6) is 0.794. The van der Waals surface area contributed by atoms with Crippen LogP contribution in [0.4, 0.5) is 0 Å². The van der Waals surface area contributed by atoms with Crippen LogP contribution in [0.5, 0.6) is 0 Å². The Bertz CT molecular complexity index is 472. The highest BCUT2D eigenvalue weighted by Gasteiger charge is 2.03. The molecule has 1 N–H and O–H groups in total. The lowest BCUT2D eigenvalue weighted by Crippen LogP contribution is -2.10. The average molecular weight is 194 g/mol. The normalized spacial score (nSPS) is 10.8. The second kappa shape index (κ2) is 3.30. The SMILES string of the molecule is CCCc1nc2sccc2c(=O)[nH]1. The third-order valence-electron chi connectivity index (χ3n) is 1.87. The summed E-state index contributed by atoms with van der Waals surface area (Å²) in [4.78, 5) is 19.4. The summed E-state index contributed by atoms with van der Waals surface area (Å²) in [5.41, 5.74) is -0.0188. The van der Waals surface area contributed by atoms with E-state index in [1.807, 2.05) is 11.4 Å². The van der Waals surface area contributed by atoms with Crippen LogP contribution in [0.25, 0.3) is 10.2 Å². The fraction of sp³-hybridized carbons (Fsp3) is 0.333. The molecule has 0 fully saturated rings. The Kier molecular flexibility index (Phi) is 2.14. The smallest absolute Gasteiger partial charge is 0.259 e. The molecule has 2 heterocycles. The summed E-state index contributed by atoms with van der Waals surface area (Å²) in [7, 11) is 0. The van der Waals surface area contributed by atoms with Crippen molar-refractivity contribution in [3.05, 3.63) is 27.6 Å². The number of H-pyrrole nitrogens is 1. The van der Waals surface area contributed by atoms with E-state index < -0.39 is 0 Å². The van der Waals surface area contributed by atoms with Gasteiger partial charge in [-0.05, 0) is 17.9 Å². The zero-order valence-corrected chi connectivity index (χ0v) is 8.15. The molecule has 0 saturated heterocycles. The molecule has 0 aromatic carbocycles. The third-order valence-corrected chi connectivity index (χ3v) is 2.68. The van der Waals surface area contributed by atoms with Gasteiger partial charge in [0.05, 0.1) is 5.39 Å². The van der Waals surface area contributed by atoms with Gasteiger partial charge in [0.1, 0.15) is 10.7 Å². The van der Waals surface area contributed by atoms with Gasteiger partial charge in [0, 0.05) is 6.42 Å². The monoisotopic (exact) mass is 194 g/mol. The van der Waals surface area contributed by atoms with Crippen LogP contribution in [0.1, 0.15) is 19.2 Å². The van der Waals surface area contributed by atoms with Crippen molar-refractivity contribution in [3.8, 4) is 0 Å². The van der Waals surface area contributed by atoms with E-state index in [0.29, 0.717) is 5.39 Å². The molecule has 0 aliphatic carbocycles. The van der Waals surface area contributed by atoms with Gasteiger partial charge in [0.25, 0.3) is 5.56 Å². The van der Waals surface area contributed by atoms with E-state index in [4.69, 9.17) is 0 Å². The third kappa shape index (κ3) is 1.49. The van der Waals surface area contributed by atoms with E-state index >= 15 is 0 Å². The van der Waals surface area contributed by atoms with Crippen LogP contribution in [-0.2, 0) is 6.42 Å². The summed E-state index contributed by atoms with van der Waals surface area (Å²) in [6.07, 6.45) is 1.84. The minimum atomic E-state index is -0.0188. The van der Waals surface area contributed by atoms with Gasteiger partial charge in [-0.25, -0.2) is 4.98 Å². The molecule has 2 aromatic heterocycles. The van der Waals surface area contributed by atoms with Crippen molar-refractivity contribution < 1.29 is 0 Å². The molecule has 68 valence electrons. The van der Waals surface area contributed by atoms with E-state index in [1.54, 1.807) is 0 Å². The largest absolute Gasteiger partial charge is 0.310 e. The van der Waals surface area contributed by atoms with E-state index in [9.17, 15) is 4.79 Å². The Morgan fingerprint density at radius 3 is 3.23 bits per heavy atom. The molecule has 0 spiro atoms. The number of fused-ring (bicyclic) bond motifs is 1. The number of nitrogens with zero attached hydrogens (tertiary/aromatic N) is 1. The lowest BCUT2D eigenvalue weighted by molar-refractivity contribution is 0.838. The minimum Gasteiger partial charge on any atom is -0.310 e. The quantitative estimate of drug-likeness (QED) is 0.794. The predicted octanol–water partition coefficient (Wildman–Crippen LogP) is 1.94. The molecular formula is C9H10N2OS. The maximum atomic E-state index is 11.4. The summed E-state index contributed by atoms with van der Waals surface area (Å²) in [5, 5.41) is 2.59. The molecule has 3 nitrogen and oxygen atoms in total. The van der Waals surface area contributed by atoms with E-state index in [-0.39, 0.29) is 5.56 Å². The molecular weight excluding hydrogens is 184 g/mol. The summed E-state index contributed by atoms with van der Waals surface area (Å²) < 4.78 is 0. The summed E-state index contributed by atoms with van der Waals surface area (Å²) >= 11 is 1.51. The number of rotatable bonds is 2. The Hall–Kier alpha value is -1.16. The van der Waals surface area contributed by atoms with Crippen LogP contribution in [-0.4, -0.2) is 9.97 Å². The lowest BCUT2D eigenvalue weighted by Gasteiger charge is -1.96. The number of hydrogen-bond donors (Lipinski definition) is 1. The highest BCUT2D eigenvalue weighted by molar-refractivity contribution is 7.16. The highest BCUT2D eigenvalue weighted by Crippen LogP contribution is 2.14. The Labute approximate surface area is 79.4 Å². The lowest BCUT2D eigenvalue weighted by atomic mass is 10.3. The molecule has 0 unspecified atom stereocenters. The fourth-order valence-corrected chi connectivity index (χ4v) is 2.05. The molecule has 13 heavy (non-hydrogen) atoms. The van der Waals surface area contributed by atoms with Gasteiger partial charge in [0.15, 0.2) is 0 Å². The summed E-state index contributed by atoms with van der Waals surface area (Å²) in [6.45, 7) is 2.07. The Balaban J connectivity index is 2.63. The first kappa shape index (κ1) is 8.44. The van der Waals surface area contributed by atoms with Gasteiger partial charge in [-0.3, -0.25) is 4.79 Å². The summed E-state index contributed by atoms with van der Waals surface area (Å²) in [6, 6.07) is 1.81. The molecule has 2 rings (SSSR count). The van der Waals surface area contributed by atoms with Crippen LogP contribution in [0.3, 0.4) is 0 Å². The van der Waals surface area contributed by atoms with Crippen LogP contribution < -0.4 is 5.56 Å². The van der Waals surface area contributed by atoms with Gasteiger partial charge in [-0.1, -0.05) is 6.92 Å². The van der Waals surface area contributed by atoms with Crippen LogP contribution >= 0.6 is 11.3 Å². The molecule has 0 saturated carbocycles. The van der Waals surface area contributed by atoms with Gasteiger partial charge in [0.2, 0.25) is 0 Å². The second-order valence-corrected chi connectivity index (χ2v) is 3.80. The zero-order valence-electron chi connectivity index (χ0n) is 7.33. The number of thiophene rings is 1. The second-order valence-electron chi connectivity index (χ2n) is 2.90. The topological polar surface area (TPSA) is 45.8 Å². The van der Waals surface area contributed by atoms with Crippen molar-refractivity contribution in [1.82, 2.24) is 9.97 Å². The maximum absolute atomic E-state index is 11.4. The first-order valence-corrected chi connectivity index (χ1v) is 5.15. The molecule has 0 aliphatic rings. The first-order valence-electron chi connectivity index (χ1n) is 4.27. The van der Waals surface area contributed by atoms with Crippen molar-refractivity contribution in [1.29, 1.82) is 0 Å². The van der Waals surface area contributed by atoms with Crippen molar-refractivity contribution >= 4 is 21.6 Å². The zero-order chi connectivity index (χ0) is 9.26. The van der Waals surface area contributed by atoms with E-state index in [1.165, 1.54) is 11.3 Å². The molecule has 0 atom stereocenters. The number of aromatic amines is 1. The van der Waals surface area contributed by atoms with Crippen molar-refractivity contribution in [2.24, 2.45) is 0 Å². The molecule has 0 amide bonds. The molecule has 0 aliphatic heterocycles. The van der Waals surface area contributed by atoms with E-state index in [2.05, 4.69) is 16.9 Å². The van der Waals surface area contributed by atoms with Crippen molar-refractivity contribution in [2.75, 3.05) is 0 Å². The average Bonchev–Trinajstić information content (AvgIpc) is 2.53. The van der Waals surface area contributed by atoms with Crippen LogP contribution in [0.15, 0.2) is 16.2 Å². The van der Waals surface area contributed by atoms with Crippen molar-refractivity contribution in [3.63, 3.8) is 0 Å². The molecule has 0 bridgehead atoms. The van der Waals surface area contributed by atoms with Gasteiger partial charge in [-0.2, -0.15) is 0 Å². The van der Waals surface area contributed by atoms with Crippen LogP contribution in [0, 0.1) is 0 Å². The van der Waals surface area contributed by atoms with Crippen LogP contribution in [0.2, 0.25) is 0 Å². The number of aromatic nitrogens is 2. The molecule has 0 radical (unpaired) electrons. The fourth-order valence-electron chi connectivity index (χ4n) is 1.26. The number of nitrogens with one attached hydrogen (secondary N) is 1. The Morgan fingerprint density at radius 2 is 2.46 bits per heavy atom. The van der Waals surface area contributed by atoms with Gasteiger partial charge < -0.3 is 4.98 Å². The first-order chi connectivity index (χ1) is 6.31. The molecule has 4 heteroatoms. The number of hydrogen-bond acceptors (Lipinski definition) is 3. The minimum absolute atomic E-state index is 0.0188. The van der Waals surface area contributed by atoms with Gasteiger partial charge >= 0.3 is 0 Å². The standard InChI is InChI=1S/C9H10N2OS/c1-2-3-7-10-8(12)6-4-5-13-9(6)11-7/h4-5H,2-3H2,1H3,(H,10,11,12). The highest BCUT2D eigenvalue weighted by atomic mass is 32.1. The number of aryl methyl sites for hydroxylation is 1. The Morgan fingerprint density at radius 1 is 1.62 bits per heavy atom. The van der Waals surface area contributed by atoms with Crippen molar-refractivity contribution in [2.45, 2.75) is 19.8 Å². The van der Waals surface area contributed by atoms with Gasteiger partial charge in [-0.15, -0.1) is 11.3 Å². The van der Waals surface area contributed by atoms with E-state index in [0.717, 1.165) is 23.5 Å². The molecule has 2 aromatic rings.